The minimum absolute atomic E-state index is 0.206. The van der Waals surface area contributed by atoms with Gasteiger partial charge in [0, 0.05) is 0 Å². The first-order valence-corrected chi connectivity index (χ1v) is 7.68. The predicted octanol–water partition coefficient (Wildman–Crippen LogP) is 4.21. The molecule has 0 saturated carbocycles. The monoisotopic (exact) mass is 284 g/mol. The summed E-state index contributed by atoms with van der Waals surface area (Å²) >= 11 is 0. The topological polar surface area (TPSA) is 29.5 Å². The fourth-order valence-corrected chi connectivity index (χ4v) is 2.27. The van der Waals surface area contributed by atoms with Crippen molar-refractivity contribution in [2.75, 3.05) is 6.61 Å². The molecule has 0 aliphatic carbocycles. The lowest BCUT2D eigenvalue weighted by molar-refractivity contribution is 0.177. The summed E-state index contributed by atoms with van der Waals surface area (Å²) in [6, 6.07) is 18.8. The first kappa shape index (κ1) is 15.6. The van der Waals surface area contributed by atoms with Crippen LogP contribution >= 0.6 is 0 Å². The molecular weight excluding hydrogens is 260 g/mol. The van der Waals surface area contributed by atoms with Gasteiger partial charge in [-0.2, -0.15) is 0 Å². The molecule has 0 amide bonds. The molecular formula is C19H24O2. The van der Waals surface area contributed by atoms with Gasteiger partial charge in [0.05, 0.1) is 12.7 Å². The maximum Gasteiger partial charge on any atom is 0.119 e. The van der Waals surface area contributed by atoms with Gasteiger partial charge >= 0.3 is 0 Å². The number of ether oxygens (including phenoxy) is 1. The van der Waals surface area contributed by atoms with Crippen LogP contribution in [-0.4, -0.2) is 17.8 Å². The van der Waals surface area contributed by atoms with Gasteiger partial charge in [-0.3, -0.25) is 0 Å². The highest BCUT2D eigenvalue weighted by molar-refractivity contribution is 5.31. The normalized spacial score (nSPS) is 12.1. The van der Waals surface area contributed by atoms with Crippen LogP contribution in [0.1, 0.15) is 37.3 Å². The van der Waals surface area contributed by atoms with Crippen LogP contribution in [0.5, 0.6) is 5.75 Å². The average molecular weight is 284 g/mol. The first-order chi connectivity index (χ1) is 10.2. The molecule has 0 aliphatic rings. The molecule has 1 unspecified atom stereocenters. The second-order valence-corrected chi connectivity index (χ2v) is 5.50. The van der Waals surface area contributed by atoms with Gasteiger partial charge < -0.3 is 9.84 Å². The van der Waals surface area contributed by atoms with Crippen molar-refractivity contribution in [2.24, 2.45) is 0 Å². The molecule has 1 atom stereocenters. The zero-order chi connectivity index (χ0) is 14.9. The van der Waals surface area contributed by atoms with E-state index < -0.39 is 0 Å². The molecule has 0 aliphatic heterocycles. The highest BCUT2D eigenvalue weighted by Gasteiger charge is 1.99. The third kappa shape index (κ3) is 6.01. The van der Waals surface area contributed by atoms with Gasteiger partial charge in [0.2, 0.25) is 0 Å². The Morgan fingerprint density at radius 2 is 1.57 bits per heavy atom. The fourth-order valence-electron chi connectivity index (χ4n) is 2.27. The largest absolute Gasteiger partial charge is 0.494 e. The van der Waals surface area contributed by atoms with E-state index in [9.17, 15) is 5.11 Å². The molecule has 2 heteroatoms. The summed E-state index contributed by atoms with van der Waals surface area (Å²) in [6.45, 7) is 2.54. The summed E-state index contributed by atoms with van der Waals surface area (Å²) in [5.41, 5.74) is 2.62. The van der Waals surface area contributed by atoms with Crippen molar-refractivity contribution < 1.29 is 9.84 Å². The molecule has 112 valence electrons. The van der Waals surface area contributed by atoms with Crippen LogP contribution in [0.25, 0.3) is 0 Å². The van der Waals surface area contributed by atoms with Crippen molar-refractivity contribution in [3.63, 3.8) is 0 Å². The van der Waals surface area contributed by atoms with Crippen LogP contribution in [0, 0.1) is 0 Å². The standard InChI is InChI=1S/C19H24O2/c1-16(20)7-5-6-14-21-19-12-10-18(11-13-19)15-17-8-3-2-4-9-17/h2-4,8-13,16,20H,5-7,14-15H2,1H3. The second kappa shape index (κ2) is 8.48. The lowest BCUT2D eigenvalue weighted by Crippen LogP contribution is -2.02. The number of aliphatic hydroxyl groups is 1. The Balaban J connectivity index is 1.74. The van der Waals surface area contributed by atoms with Gasteiger partial charge in [-0.15, -0.1) is 0 Å². The smallest absolute Gasteiger partial charge is 0.119 e. The maximum absolute atomic E-state index is 9.18. The van der Waals surface area contributed by atoms with E-state index in [1.54, 1.807) is 0 Å². The summed E-state index contributed by atoms with van der Waals surface area (Å²) < 4.78 is 5.71. The van der Waals surface area contributed by atoms with Gasteiger partial charge in [0.15, 0.2) is 0 Å². The Labute approximate surface area is 127 Å². The minimum atomic E-state index is -0.206. The Morgan fingerprint density at radius 1 is 0.905 bits per heavy atom. The minimum Gasteiger partial charge on any atom is -0.494 e. The lowest BCUT2D eigenvalue weighted by Gasteiger charge is -2.08. The highest BCUT2D eigenvalue weighted by Crippen LogP contribution is 2.15. The summed E-state index contributed by atoms with van der Waals surface area (Å²) in [6.07, 6.45) is 3.58. The van der Waals surface area contributed by atoms with Gasteiger partial charge in [-0.05, 0) is 55.9 Å². The van der Waals surface area contributed by atoms with E-state index in [4.69, 9.17) is 4.74 Å². The van der Waals surface area contributed by atoms with Crippen molar-refractivity contribution in [1.82, 2.24) is 0 Å². The van der Waals surface area contributed by atoms with Crippen LogP contribution < -0.4 is 4.74 Å². The molecule has 0 spiro atoms. The van der Waals surface area contributed by atoms with Crippen LogP contribution in [0.15, 0.2) is 54.6 Å². The number of rotatable bonds is 8. The molecule has 2 aromatic carbocycles. The van der Waals surface area contributed by atoms with E-state index in [2.05, 4.69) is 36.4 Å². The van der Waals surface area contributed by atoms with Crippen molar-refractivity contribution in [3.05, 3.63) is 65.7 Å². The third-order valence-corrected chi connectivity index (χ3v) is 3.46. The zero-order valence-electron chi connectivity index (χ0n) is 12.7. The van der Waals surface area contributed by atoms with Gasteiger partial charge in [0.1, 0.15) is 5.75 Å². The summed E-state index contributed by atoms with van der Waals surface area (Å²) in [7, 11) is 0. The van der Waals surface area contributed by atoms with E-state index in [1.807, 2.05) is 25.1 Å². The lowest BCUT2D eigenvalue weighted by atomic mass is 10.1. The van der Waals surface area contributed by atoms with Crippen LogP contribution in [0.4, 0.5) is 0 Å². The maximum atomic E-state index is 9.18. The van der Waals surface area contributed by atoms with Crippen LogP contribution in [0.3, 0.4) is 0 Å². The number of unbranched alkanes of at least 4 members (excludes halogenated alkanes) is 1. The van der Waals surface area contributed by atoms with Crippen molar-refractivity contribution in [1.29, 1.82) is 0 Å². The number of aliphatic hydroxyl groups excluding tert-OH is 1. The Hall–Kier alpha value is -1.80. The van der Waals surface area contributed by atoms with E-state index in [-0.39, 0.29) is 6.10 Å². The average Bonchev–Trinajstić information content (AvgIpc) is 2.49. The van der Waals surface area contributed by atoms with Crippen molar-refractivity contribution in [2.45, 2.75) is 38.7 Å². The zero-order valence-corrected chi connectivity index (χ0v) is 12.7. The molecule has 0 saturated heterocycles. The Morgan fingerprint density at radius 3 is 2.24 bits per heavy atom. The van der Waals surface area contributed by atoms with Crippen LogP contribution in [0.2, 0.25) is 0 Å². The Kier molecular flexibility index (Phi) is 6.29. The van der Waals surface area contributed by atoms with E-state index in [0.29, 0.717) is 6.61 Å². The highest BCUT2D eigenvalue weighted by atomic mass is 16.5. The molecule has 2 nitrogen and oxygen atoms in total. The third-order valence-electron chi connectivity index (χ3n) is 3.46. The van der Waals surface area contributed by atoms with Crippen molar-refractivity contribution >= 4 is 0 Å². The van der Waals surface area contributed by atoms with Gasteiger partial charge in [0.25, 0.3) is 0 Å². The van der Waals surface area contributed by atoms with Gasteiger partial charge in [-0.1, -0.05) is 42.5 Å². The summed E-state index contributed by atoms with van der Waals surface area (Å²) in [5.74, 6) is 0.920. The van der Waals surface area contributed by atoms with E-state index in [1.165, 1.54) is 11.1 Å². The Bertz CT molecular complexity index is 503. The predicted molar refractivity (Wildman–Crippen MR) is 86.7 cm³/mol. The second-order valence-electron chi connectivity index (χ2n) is 5.50. The van der Waals surface area contributed by atoms with Crippen LogP contribution in [-0.2, 0) is 6.42 Å². The molecule has 0 aromatic heterocycles. The number of hydrogen-bond acceptors (Lipinski definition) is 2. The van der Waals surface area contributed by atoms with E-state index in [0.717, 1.165) is 31.4 Å². The molecule has 0 radical (unpaired) electrons. The van der Waals surface area contributed by atoms with Crippen molar-refractivity contribution in [3.8, 4) is 5.75 Å². The molecule has 2 rings (SSSR count). The quantitative estimate of drug-likeness (QED) is 0.736. The summed E-state index contributed by atoms with van der Waals surface area (Å²) in [4.78, 5) is 0. The molecule has 1 N–H and O–H groups in total. The first-order valence-electron chi connectivity index (χ1n) is 7.68. The molecule has 0 bridgehead atoms. The number of hydrogen-bond donors (Lipinski definition) is 1. The SMILES string of the molecule is CC(O)CCCCOc1ccc(Cc2ccccc2)cc1. The van der Waals surface area contributed by atoms with Gasteiger partial charge in [-0.25, -0.2) is 0 Å². The summed E-state index contributed by atoms with van der Waals surface area (Å²) in [5, 5.41) is 9.18. The number of benzene rings is 2. The van der Waals surface area contributed by atoms with E-state index >= 15 is 0 Å². The molecule has 21 heavy (non-hydrogen) atoms. The molecule has 0 fully saturated rings. The fraction of sp³-hybridized carbons (Fsp3) is 0.368. The molecule has 2 aromatic rings. The molecule has 0 heterocycles.